The van der Waals surface area contributed by atoms with Crippen LogP contribution in [0.1, 0.15) is 31.0 Å². The Morgan fingerprint density at radius 2 is 1.90 bits per heavy atom. The van der Waals surface area contributed by atoms with Crippen molar-refractivity contribution in [2.75, 3.05) is 11.5 Å². The third-order valence-electron chi connectivity index (χ3n) is 4.71. The number of halogens is 1. The van der Waals surface area contributed by atoms with Crippen molar-refractivity contribution in [2.45, 2.75) is 26.3 Å². The Bertz CT molecular complexity index is 1020. The molecule has 1 aliphatic heterocycles. The first kappa shape index (κ1) is 21.6. The fourth-order valence-electron chi connectivity index (χ4n) is 3.40. The van der Waals surface area contributed by atoms with Gasteiger partial charge in [-0.3, -0.25) is 9.69 Å². The lowest BCUT2D eigenvalue weighted by molar-refractivity contribution is -0.139. The Balaban J connectivity index is 2.06. The van der Waals surface area contributed by atoms with Crippen molar-refractivity contribution in [1.82, 2.24) is 5.32 Å². The molecule has 1 heterocycles. The number of nitrogens with one attached hydrogen (secondary N) is 1. The number of allylic oxidation sites excluding steroid dienone is 1. The molecule has 0 radical (unpaired) electrons. The molecular formula is C22H21BrN2O5. The number of urea groups is 1. The second-order valence-electron chi connectivity index (χ2n) is 6.73. The standard InChI is InChI=1S/C22H21BrN2O5/c1-3-30-21(28)19-13(2)25(17-9-7-14(8-10-17)11-18(26)27)22(29)24-20(19)15-5-4-6-16(23)12-15/h4-10,12,20H,3,11H2,1-2H3,(H,24,29)(H,26,27)/t20-/m0/s1. The molecule has 2 aromatic rings. The molecule has 156 valence electrons. The number of anilines is 1. The molecule has 0 unspecified atom stereocenters. The molecule has 0 aromatic heterocycles. The highest BCUT2D eigenvalue weighted by Crippen LogP contribution is 2.35. The minimum absolute atomic E-state index is 0.111. The van der Waals surface area contributed by atoms with E-state index < -0.39 is 24.0 Å². The van der Waals surface area contributed by atoms with Crippen LogP contribution in [-0.2, 0) is 20.7 Å². The number of carboxylic acid groups (broad SMARTS) is 1. The number of hydrogen-bond donors (Lipinski definition) is 2. The second-order valence-corrected chi connectivity index (χ2v) is 7.65. The minimum atomic E-state index is -0.934. The van der Waals surface area contributed by atoms with E-state index in [1.165, 1.54) is 4.90 Å². The van der Waals surface area contributed by atoms with Crippen molar-refractivity contribution in [3.05, 3.63) is 75.4 Å². The molecule has 7 nitrogen and oxygen atoms in total. The van der Waals surface area contributed by atoms with Crippen molar-refractivity contribution in [3.63, 3.8) is 0 Å². The molecule has 0 spiro atoms. The Morgan fingerprint density at radius 3 is 2.50 bits per heavy atom. The monoisotopic (exact) mass is 472 g/mol. The van der Waals surface area contributed by atoms with E-state index in [1.807, 2.05) is 24.3 Å². The van der Waals surface area contributed by atoms with Gasteiger partial charge in [0.25, 0.3) is 0 Å². The predicted molar refractivity (Wildman–Crippen MR) is 115 cm³/mol. The van der Waals surface area contributed by atoms with Gasteiger partial charge in [-0.2, -0.15) is 0 Å². The molecule has 0 bridgehead atoms. The summed E-state index contributed by atoms with van der Waals surface area (Å²) in [4.78, 5) is 38.1. The van der Waals surface area contributed by atoms with Crippen molar-refractivity contribution in [3.8, 4) is 0 Å². The third-order valence-corrected chi connectivity index (χ3v) is 5.21. The van der Waals surface area contributed by atoms with Gasteiger partial charge < -0.3 is 15.2 Å². The number of aliphatic carboxylic acids is 1. The summed E-state index contributed by atoms with van der Waals surface area (Å²) in [5.74, 6) is -1.44. The van der Waals surface area contributed by atoms with Gasteiger partial charge in [0, 0.05) is 10.2 Å². The van der Waals surface area contributed by atoms with Crippen LogP contribution in [0.4, 0.5) is 10.5 Å². The Morgan fingerprint density at radius 1 is 1.20 bits per heavy atom. The molecule has 2 aromatic carbocycles. The molecule has 1 atom stereocenters. The van der Waals surface area contributed by atoms with Gasteiger partial charge in [0.05, 0.1) is 30.3 Å². The van der Waals surface area contributed by atoms with Gasteiger partial charge in [0.15, 0.2) is 0 Å². The topological polar surface area (TPSA) is 95.9 Å². The number of carbonyl (C=O) groups is 3. The first-order valence-electron chi connectivity index (χ1n) is 9.36. The second kappa shape index (κ2) is 9.13. The van der Waals surface area contributed by atoms with Crippen molar-refractivity contribution in [2.24, 2.45) is 0 Å². The van der Waals surface area contributed by atoms with Crippen molar-refractivity contribution >= 4 is 39.6 Å². The summed E-state index contributed by atoms with van der Waals surface area (Å²) in [5, 5.41) is 11.8. The van der Waals surface area contributed by atoms with E-state index in [0.717, 1.165) is 10.0 Å². The average Bonchev–Trinajstić information content (AvgIpc) is 2.68. The molecule has 0 aliphatic carbocycles. The molecule has 0 saturated carbocycles. The summed E-state index contributed by atoms with van der Waals surface area (Å²) in [6.45, 7) is 3.63. The summed E-state index contributed by atoms with van der Waals surface area (Å²) in [6, 6.07) is 12.9. The summed E-state index contributed by atoms with van der Waals surface area (Å²) in [5.41, 5.74) is 2.67. The molecular weight excluding hydrogens is 452 g/mol. The van der Waals surface area contributed by atoms with Gasteiger partial charge in [-0.15, -0.1) is 0 Å². The SMILES string of the molecule is CCOC(=O)C1=C(C)N(c2ccc(CC(=O)O)cc2)C(=O)N[C@H]1c1cccc(Br)c1. The number of ether oxygens (including phenoxy) is 1. The number of carboxylic acids is 1. The van der Waals surface area contributed by atoms with E-state index in [-0.39, 0.29) is 13.0 Å². The number of rotatable bonds is 6. The van der Waals surface area contributed by atoms with Crippen LogP contribution in [0, 0.1) is 0 Å². The summed E-state index contributed by atoms with van der Waals surface area (Å²) in [6.07, 6.45) is -0.111. The van der Waals surface area contributed by atoms with Crippen LogP contribution in [0.25, 0.3) is 0 Å². The first-order valence-corrected chi connectivity index (χ1v) is 10.2. The first-order chi connectivity index (χ1) is 14.3. The molecule has 3 rings (SSSR count). The molecule has 2 N–H and O–H groups in total. The fraction of sp³-hybridized carbons (Fsp3) is 0.227. The van der Waals surface area contributed by atoms with Crippen LogP contribution >= 0.6 is 15.9 Å². The normalized spacial score (nSPS) is 16.3. The molecule has 0 fully saturated rings. The highest BCUT2D eigenvalue weighted by atomic mass is 79.9. The van der Waals surface area contributed by atoms with Crippen LogP contribution in [0.5, 0.6) is 0 Å². The smallest absolute Gasteiger partial charge is 0.338 e. The van der Waals surface area contributed by atoms with E-state index >= 15 is 0 Å². The largest absolute Gasteiger partial charge is 0.481 e. The highest BCUT2D eigenvalue weighted by Gasteiger charge is 2.37. The van der Waals surface area contributed by atoms with Crippen LogP contribution in [0.2, 0.25) is 0 Å². The van der Waals surface area contributed by atoms with Gasteiger partial charge in [-0.1, -0.05) is 40.2 Å². The molecule has 30 heavy (non-hydrogen) atoms. The third kappa shape index (κ3) is 4.54. The zero-order chi connectivity index (χ0) is 21.8. The molecule has 2 amide bonds. The molecule has 1 aliphatic rings. The molecule has 8 heteroatoms. The lowest BCUT2D eigenvalue weighted by Gasteiger charge is -2.35. The van der Waals surface area contributed by atoms with Crippen molar-refractivity contribution in [1.29, 1.82) is 0 Å². The number of carbonyl (C=O) groups excluding carboxylic acids is 2. The maximum Gasteiger partial charge on any atom is 0.338 e. The van der Waals surface area contributed by atoms with Gasteiger partial charge in [0.1, 0.15) is 0 Å². The summed E-state index contributed by atoms with van der Waals surface area (Å²) >= 11 is 3.42. The quantitative estimate of drug-likeness (QED) is 0.614. The number of benzene rings is 2. The maximum absolute atomic E-state index is 13.0. The zero-order valence-electron chi connectivity index (χ0n) is 16.5. The van der Waals surface area contributed by atoms with E-state index in [9.17, 15) is 14.4 Å². The van der Waals surface area contributed by atoms with Crippen molar-refractivity contribution < 1.29 is 24.2 Å². The Kier molecular flexibility index (Phi) is 6.56. The fourth-order valence-corrected chi connectivity index (χ4v) is 3.82. The van der Waals surface area contributed by atoms with Gasteiger partial charge >= 0.3 is 18.0 Å². The van der Waals surface area contributed by atoms with Crippen LogP contribution in [-0.4, -0.2) is 29.7 Å². The van der Waals surface area contributed by atoms with Gasteiger partial charge in [0.2, 0.25) is 0 Å². The van der Waals surface area contributed by atoms with E-state index in [0.29, 0.717) is 22.5 Å². The predicted octanol–water partition coefficient (Wildman–Crippen LogP) is 4.18. The number of nitrogens with zero attached hydrogens (tertiary/aromatic N) is 1. The molecule has 0 saturated heterocycles. The average molecular weight is 473 g/mol. The van der Waals surface area contributed by atoms with E-state index in [4.69, 9.17) is 9.84 Å². The van der Waals surface area contributed by atoms with E-state index in [1.54, 1.807) is 38.1 Å². The van der Waals surface area contributed by atoms with Crippen LogP contribution in [0.15, 0.2) is 64.3 Å². The zero-order valence-corrected chi connectivity index (χ0v) is 18.1. The Hall–Kier alpha value is -3.13. The maximum atomic E-state index is 13.0. The summed E-state index contributed by atoms with van der Waals surface area (Å²) < 4.78 is 6.09. The number of amides is 2. The highest BCUT2D eigenvalue weighted by molar-refractivity contribution is 9.10. The van der Waals surface area contributed by atoms with Crippen LogP contribution in [0.3, 0.4) is 0 Å². The number of esters is 1. The lowest BCUT2D eigenvalue weighted by Crippen LogP contribution is -2.48. The lowest BCUT2D eigenvalue weighted by atomic mass is 9.94. The van der Waals surface area contributed by atoms with E-state index in [2.05, 4.69) is 21.2 Å². The minimum Gasteiger partial charge on any atom is -0.481 e. The van der Waals surface area contributed by atoms with Gasteiger partial charge in [-0.25, -0.2) is 9.59 Å². The Labute approximate surface area is 182 Å². The van der Waals surface area contributed by atoms with Gasteiger partial charge in [-0.05, 0) is 49.2 Å². The number of hydrogen-bond acceptors (Lipinski definition) is 4. The van der Waals surface area contributed by atoms with Crippen LogP contribution < -0.4 is 10.2 Å². The summed E-state index contributed by atoms with van der Waals surface area (Å²) in [7, 11) is 0.